The molecule has 4 rings (SSSR count). The summed E-state index contributed by atoms with van der Waals surface area (Å²) in [7, 11) is 1.37. The van der Waals surface area contributed by atoms with Gasteiger partial charge in [-0.25, -0.2) is 9.83 Å². The number of carbonyl (C=O) groups excluding carboxylic acids is 1. The van der Waals surface area contributed by atoms with Gasteiger partial charge in [0.2, 0.25) is 5.88 Å². The van der Waals surface area contributed by atoms with Gasteiger partial charge in [-0.3, -0.25) is 4.79 Å². The van der Waals surface area contributed by atoms with Crippen LogP contribution in [-0.4, -0.2) is 24.7 Å². The van der Waals surface area contributed by atoms with Gasteiger partial charge in [-0.2, -0.15) is 0 Å². The standard InChI is InChI=1S/C25H22N2O4/c1-26-21-11-10-20-16-31-24-7-3-6-22(27-24)18-8-9-19(15-25(28)29-2)23(14-18)30-12-4-5-17(20)13-21/h3,6-11,13-14H,4-5,12,15-16H2,2H3. The molecule has 0 aliphatic carbocycles. The normalized spacial score (nSPS) is 12.9. The van der Waals surface area contributed by atoms with E-state index in [1.54, 1.807) is 0 Å². The lowest BCUT2D eigenvalue weighted by Gasteiger charge is -2.16. The van der Waals surface area contributed by atoms with Gasteiger partial charge in [0, 0.05) is 17.2 Å². The van der Waals surface area contributed by atoms with E-state index in [4.69, 9.17) is 20.8 Å². The summed E-state index contributed by atoms with van der Waals surface area (Å²) >= 11 is 0. The number of pyridine rings is 1. The molecule has 6 heteroatoms. The maximum Gasteiger partial charge on any atom is 0.310 e. The Bertz CT molecular complexity index is 1150. The van der Waals surface area contributed by atoms with Gasteiger partial charge in [0.1, 0.15) is 12.4 Å². The summed E-state index contributed by atoms with van der Waals surface area (Å²) in [5.41, 5.74) is 5.11. The first kappa shape index (κ1) is 20.4. The lowest BCUT2D eigenvalue weighted by molar-refractivity contribution is -0.139. The second-order valence-corrected chi connectivity index (χ2v) is 7.24. The monoisotopic (exact) mass is 414 g/mol. The van der Waals surface area contributed by atoms with Gasteiger partial charge in [-0.1, -0.05) is 42.0 Å². The van der Waals surface area contributed by atoms with Crippen LogP contribution in [0.4, 0.5) is 5.69 Å². The van der Waals surface area contributed by atoms with Crippen molar-refractivity contribution in [1.82, 2.24) is 4.98 Å². The van der Waals surface area contributed by atoms with E-state index in [0.29, 0.717) is 30.5 Å². The van der Waals surface area contributed by atoms with Crippen molar-refractivity contribution in [3.63, 3.8) is 0 Å². The first-order chi connectivity index (χ1) is 15.2. The Morgan fingerprint density at radius 1 is 1.13 bits per heavy atom. The summed E-state index contributed by atoms with van der Waals surface area (Å²) in [6, 6.07) is 17.0. The summed E-state index contributed by atoms with van der Waals surface area (Å²) in [5.74, 6) is 0.847. The first-order valence-electron chi connectivity index (χ1n) is 10.1. The van der Waals surface area contributed by atoms with Crippen molar-refractivity contribution in [2.75, 3.05) is 13.7 Å². The van der Waals surface area contributed by atoms with Crippen molar-refractivity contribution >= 4 is 11.7 Å². The molecule has 2 aromatic carbocycles. The number of benzene rings is 2. The molecule has 4 bridgehead atoms. The van der Waals surface area contributed by atoms with Gasteiger partial charge < -0.3 is 14.2 Å². The van der Waals surface area contributed by atoms with Gasteiger partial charge in [0.05, 0.1) is 32.4 Å². The van der Waals surface area contributed by atoms with Crippen LogP contribution in [0.2, 0.25) is 0 Å². The third kappa shape index (κ3) is 4.84. The van der Waals surface area contributed by atoms with E-state index in [2.05, 4.69) is 9.83 Å². The van der Waals surface area contributed by atoms with E-state index < -0.39 is 0 Å². The minimum absolute atomic E-state index is 0.139. The third-order valence-electron chi connectivity index (χ3n) is 5.19. The zero-order valence-electron chi connectivity index (χ0n) is 17.3. The predicted molar refractivity (Wildman–Crippen MR) is 116 cm³/mol. The van der Waals surface area contributed by atoms with Crippen LogP contribution in [0.5, 0.6) is 11.6 Å². The first-order valence-corrected chi connectivity index (χ1v) is 10.1. The molecular formula is C25H22N2O4. The number of methoxy groups -OCH3 is 1. The highest BCUT2D eigenvalue weighted by Crippen LogP contribution is 2.29. The smallest absolute Gasteiger partial charge is 0.310 e. The molecule has 0 radical (unpaired) electrons. The number of aromatic nitrogens is 1. The molecule has 0 saturated heterocycles. The van der Waals surface area contributed by atoms with E-state index >= 15 is 0 Å². The molecule has 1 aromatic heterocycles. The number of fused-ring (bicyclic) bond motifs is 6. The molecule has 2 heterocycles. The molecule has 6 nitrogen and oxygen atoms in total. The fraction of sp³-hybridized carbons (Fsp3) is 0.240. The SMILES string of the molecule is [C-]#[N+]c1ccc2c(c1)CCCOc1cc(ccc1CC(=O)OC)-c1cccc(n1)OC2. The topological polar surface area (TPSA) is 62.0 Å². The fourth-order valence-corrected chi connectivity index (χ4v) is 3.53. The molecule has 1 aliphatic heterocycles. The molecule has 3 aromatic rings. The molecule has 0 atom stereocenters. The Hall–Kier alpha value is -3.85. The van der Waals surface area contributed by atoms with Crippen molar-refractivity contribution in [3.05, 3.63) is 82.7 Å². The maximum atomic E-state index is 11.8. The van der Waals surface area contributed by atoms with Crippen molar-refractivity contribution in [1.29, 1.82) is 0 Å². The highest BCUT2D eigenvalue weighted by atomic mass is 16.5. The van der Waals surface area contributed by atoms with E-state index in [-0.39, 0.29) is 12.4 Å². The molecule has 31 heavy (non-hydrogen) atoms. The molecule has 156 valence electrons. The predicted octanol–water partition coefficient (Wildman–Crippen LogP) is 4.92. The second kappa shape index (κ2) is 9.31. The van der Waals surface area contributed by atoms with E-state index in [9.17, 15) is 4.79 Å². The van der Waals surface area contributed by atoms with Gasteiger partial charge in [-0.15, -0.1) is 0 Å². The second-order valence-electron chi connectivity index (χ2n) is 7.24. The fourth-order valence-electron chi connectivity index (χ4n) is 3.53. The Kier molecular flexibility index (Phi) is 6.13. The van der Waals surface area contributed by atoms with Crippen molar-refractivity contribution in [2.45, 2.75) is 25.9 Å². The lowest BCUT2D eigenvalue weighted by Crippen LogP contribution is -2.09. The van der Waals surface area contributed by atoms with E-state index in [0.717, 1.165) is 40.8 Å². The minimum atomic E-state index is -0.318. The molecule has 0 amide bonds. The molecular weight excluding hydrogens is 392 g/mol. The summed E-state index contributed by atoms with van der Waals surface area (Å²) in [5, 5.41) is 0. The highest BCUT2D eigenvalue weighted by molar-refractivity contribution is 5.74. The van der Waals surface area contributed by atoms with Gasteiger partial charge in [-0.05, 0) is 30.5 Å². The number of esters is 1. The van der Waals surface area contributed by atoms with E-state index in [1.807, 2.05) is 54.6 Å². The molecule has 0 fully saturated rings. The summed E-state index contributed by atoms with van der Waals surface area (Å²) < 4.78 is 16.9. The van der Waals surface area contributed by atoms with E-state index in [1.165, 1.54) is 7.11 Å². The van der Waals surface area contributed by atoms with Crippen LogP contribution in [0.1, 0.15) is 23.1 Å². The number of nitrogens with zero attached hydrogens (tertiary/aromatic N) is 2. The number of carbonyl (C=O) groups is 1. The van der Waals surface area contributed by atoms with Crippen LogP contribution >= 0.6 is 0 Å². The van der Waals surface area contributed by atoms with Gasteiger partial charge in [0.15, 0.2) is 5.69 Å². The number of rotatable bonds is 2. The number of hydrogen-bond acceptors (Lipinski definition) is 5. The van der Waals surface area contributed by atoms with Crippen LogP contribution in [0.25, 0.3) is 16.1 Å². The molecule has 0 N–H and O–H groups in total. The average molecular weight is 414 g/mol. The maximum absolute atomic E-state index is 11.8. The summed E-state index contributed by atoms with van der Waals surface area (Å²) in [6.45, 7) is 8.16. The Balaban J connectivity index is 1.71. The lowest BCUT2D eigenvalue weighted by atomic mass is 10.0. The third-order valence-corrected chi connectivity index (χ3v) is 5.19. The van der Waals surface area contributed by atoms with Crippen molar-refractivity contribution in [3.8, 4) is 22.9 Å². The summed E-state index contributed by atoms with van der Waals surface area (Å²) in [4.78, 5) is 20.0. The molecule has 0 saturated carbocycles. The highest BCUT2D eigenvalue weighted by Gasteiger charge is 2.14. The largest absolute Gasteiger partial charge is 0.493 e. The minimum Gasteiger partial charge on any atom is -0.493 e. The molecule has 0 unspecified atom stereocenters. The van der Waals surface area contributed by atoms with Crippen LogP contribution in [0, 0.1) is 6.57 Å². The Morgan fingerprint density at radius 2 is 2.03 bits per heavy atom. The summed E-state index contributed by atoms with van der Waals surface area (Å²) in [6.07, 6.45) is 1.65. The zero-order chi connectivity index (χ0) is 21.6. The van der Waals surface area contributed by atoms with Crippen LogP contribution < -0.4 is 9.47 Å². The average Bonchev–Trinajstić information content (AvgIpc) is 2.81. The van der Waals surface area contributed by atoms with Crippen LogP contribution in [0.3, 0.4) is 0 Å². The quantitative estimate of drug-likeness (QED) is 0.440. The van der Waals surface area contributed by atoms with Gasteiger partial charge in [0.25, 0.3) is 0 Å². The molecule has 0 spiro atoms. The van der Waals surface area contributed by atoms with Crippen LogP contribution in [0.15, 0.2) is 54.6 Å². The van der Waals surface area contributed by atoms with Gasteiger partial charge >= 0.3 is 5.97 Å². The zero-order valence-corrected chi connectivity index (χ0v) is 17.3. The van der Waals surface area contributed by atoms with Crippen molar-refractivity contribution < 1.29 is 19.0 Å². The van der Waals surface area contributed by atoms with Crippen LogP contribution in [-0.2, 0) is 29.0 Å². The number of ether oxygens (including phenoxy) is 3. The number of aryl methyl sites for hydroxylation is 1. The Labute approximate surface area is 181 Å². The number of hydrogen-bond donors (Lipinski definition) is 0. The molecule has 1 aliphatic rings. The van der Waals surface area contributed by atoms with Crippen molar-refractivity contribution in [2.24, 2.45) is 0 Å². The Morgan fingerprint density at radius 3 is 2.87 bits per heavy atom.